The Kier molecular flexibility index (Phi) is 4.69. The van der Waals surface area contributed by atoms with Crippen LogP contribution in [-0.2, 0) is 11.2 Å². The monoisotopic (exact) mass is 369 g/mol. The van der Waals surface area contributed by atoms with Gasteiger partial charge >= 0.3 is 0 Å². The second kappa shape index (κ2) is 6.70. The summed E-state index contributed by atoms with van der Waals surface area (Å²) in [5.74, 6) is 1.88. The highest BCUT2D eigenvalue weighted by molar-refractivity contribution is 5.93. The topological polar surface area (TPSA) is 102 Å². The third kappa shape index (κ3) is 4.11. The predicted molar refractivity (Wildman–Crippen MR) is 106 cm³/mol. The van der Waals surface area contributed by atoms with Gasteiger partial charge in [-0.3, -0.25) is 0 Å². The van der Waals surface area contributed by atoms with E-state index in [4.69, 9.17) is 5.73 Å². The maximum absolute atomic E-state index is 14.1. The van der Waals surface area contributed by atoms with Crippen LogP contribution in [0, 0.1) is 0 Å². The number of rotatable bonds is 5. The number of fused-ring (bicyclic) bond motifs is 1. The molecule has 0 atom stereocenters. The SMILES string of the molecule is CNc1nc(C(C)(C)N)cc2cc(Nc3ccnc(C(C)(C)F)n3)ncc12. The van der Waals surface area contributed by atoms with E-state index in [2.05, 4.69) is 30.6 Å². The van der Waals surface area contributed by atoms with Gasteiger partial charge in [-0.25, -0.2) is 24.3 Å². The summed E-state index contributed by atoms with van der Waals surface area (Å²) in [6.07, 6.45) is 3.25. The zero-order chi connectivity index (χ0) is 19.8. The smallest absolute Gasteiger partial charge is 0.167 e. The van der Waals surface area contributed by atoms with Crippen LogP contribution in [0.1, 0.15) is 39.2 Å². The molecule has 0 spiro atoms. The summed E-state index contributed by atoms with van der Waals surface area (Å²) in [5, 5.41) is 8.00. The van der Waals surface area contributed by atoms with Gasteiger partial charge in [0.05, 0.1) is 11.2 Å². The van der Waals surface area contributed by atoms with Gasteiger partial charge in [0.25, 0.3) is 0 Å². The van der Waals surface area contributed by atoms with Gasteiger partial charge in [0.1, 0.15) is 17.5 Å². The number of halogens is 1. The van der Waals surface area contributed by atoms with Gasteiger partial charge in [-0.15, -0.1) is 0 Å². The zero-order valence-electron chi connectivity index (χ0n) is 16.1. The molecule has 3 heterocycles. The molecule has 0 radical (unpaired) electrons. The molecule has 0 aromatic carbocycles. The van der Waals surface area contributed by atoms with E-state index < -0.39 is 11.2 Å². The molecule has 142 valence electrons. The molecule has 0 saturated heterocycles. The number of pyridine rings is 2. The van der Waals surface area contributed by atoms with E-state index in [-0.39, 0.29) is 5.82 Å². The van der Waals surface area contributed by atoms with E-state index in [9.17, 15) is 4.39 Å². The van der Waals surface area contributed by atoms with Crippen molar-refractivity contribution >= 4 is 28.2 Å². The Labute approximate surface area is 157 Å². The van der Waals surface area contributed by atoms with Crippen LogP contribution in [0.4, 0.5) is 21.8 Å². The molecule has 0 saturated carbocycles. The highest BCUT2D eigenvalue weighted by atomic mass is 19.1. The van der Waals surface area contributed by atoms with Crippen LogP contribution in [0.5, 0.6) is 0 Å². The quantitative estimate of drug-likeness (QED) is 0.631. The Morgan fingerprint density at radius 1 is 1.04 bits per heavy atom. The van der Waals surface area contributed by atoms with Crippen molar-refractivity contribution in [1.82, 2.24) is 19.9 Å². The number of aromatic nitrogens is 4. The summed E-state index contributed by atoms with van der Waals surface area (Å²) in [5.41, 5.74) is 4.78. The molecule has 0 bridgehead atoms. The van der Waals surface area contributed by atoms with Crippen molar-refractivity contribution in [1.29, 1.82) is 0 Å². The van der Waals surface area contributed by atoms with Gasteiger partial charge in [-0.05, 0) is 51.3 Å². The van der Waals surface area contributed by atoms with Crippen molar-refractivity contribution in [3.05, 3.63) is 42.1 Å². The van der Waals surface area contributed by atoms with Crippen LogP contribution in [0.3, 0.4) is 0 Å². The molecule has 3 aromatic heterocycles. The summed E-state index contributed by atoms with van der Waals surface area (Å²) >= 11 is 0. The van der Waals surface area contributed by atoms with E-state index in [1.165, 1.54) is 20.0 Å². The molecule has 0 aliphatic heterocycles. The van der Waals surface area contributed by atoms with Gasteiger partial charge in [0.15, 0.2) is 11.5 Å². The minimum atomic E-state index is -1.62. The lowest BCUT2D eigenvalue weighted by Gasteiger charge is -2.20. The normalized spacial score (nSPS) is 12.3. The lowest BCUT2D eigenvalue weighted by Crippen LogP contribution is -2.30. The number of hydrogen-bond donors (Lipinski definition) is 3. The van der Waals surface area contributed by atoms with Crippen molar-refractivity contribution in [3.8, 4) is 0 Å². The minimum Gasteiger partial charge on any atom is -0.373 e. The summed E-state index contributed by atoms with van der Waals surface area (Å²) in [6.45, 7) is 6.65. The summed E-state index contributed by atoms with van der Waals surface area (Å²) < 4.78 is 14.1. The van der Waals surface area contributed by atoms with Crippen LogP contribution in [0.25, 0.3) is 10.8 Å². The van der Waals surface area contributed by atoms with E-state index >= 15 is 0 Å². The highest BCUT2D eigenvalue weighted by Crippen LogP contribution is 2.28. The second-order valence-corrected chi connectivity index (χ2v) is 7.48. The largest absolute Gasteiger partial charge is 0.373 e. The van der Waals surface area contributed by atoms with Gasteiger partial charge < -0.3 is 16.4 Å². The van der Waals surface area contributed by atoms with E-state index in [1.807, 2.05) is 33.0 Å². The van der Waals surface area contributed by atoms with Gasteiger partial charge in [-0.1, -0.05) is 0 Å². The van der Waals surface area contributed by atoms with Gasteiger partial charge in [0.2, 0.25) is 0 Å². The molecular weight excluding hydrogens is 345 g/mol. The van der Waals surface area contributed by atoms with Crippen LogP contribution < -0.4 is 16.4 Å². The highest BCUT2D eigenvalue weighted by Gasteiger charge is 2.23. The Hall–Kier alpha value is -2.87. The van der Waals surface area contributed by atoms with Crippen LogP contribution >= 0.6 is 0 Å². The lowest BCUT2D eigenvalue weighted by molar-refractivity contribution is 0.206. The fraction of sp³-hybridized carbons (Fsp3) is 0.368. The van der Waals surface area contributed by atoms with Crippen LogP contribution in [0.15, 0.2) is 30.6 Å². The number of hydrogen-bond acceptors (Lipinski definition) is 7. The third-order valence-corrected chi connectivity index (χ3v) is 4.06. The molecule has 0 aliphatic carbocycles. The molecule has 0 amide bonds. The maximum Gasteiger partial charge on any atom is 0.167 e. The first-order chi connectivity index (χ1) is 12.6. The summed E-state index contributed by atoms with van der Waals surface area (Å²) in [4.78, 5) is 17.2. The first-order valence-corrected chi connectivity index (χ1v) is 8.65. The third-order valence-electron chi connectivity index (χ3n) is 4.06. The first kappa shape index (κ1) is 18.9. The Bertz CT molecular complexity index is 974. The van der Waals surface area contributed by atoms with Gasteiger partial charge in [-0.2, -0.15) is 0 Å². The molecule has 8 heteroatoms. The van der Waals surface area contributed by atoms with E-state index in [1.54, 1.807) is 12.3 Å². The zero-order valence-corrected chi connectivity index (χ0v) is 16.1. The molecule has 7 nitrogen and oxygen atoms in total. The molecule has 0 aliphatic rings. The number of anilines is 3. The second-order valence-electron chi connectivity index (χ2n) is 7.48. The number of alkyl halides is 1. The fourth-order valence-corrected chi connectivity index (χ4v) is 2.58. The standard InChI is InChI=1S/C19H24FN7/c1-18(2,20)17-23-7-6-14(27-17)26-15-9-11-8-13(19(3,4)21)25-16(22-5)12(11)10-24-15/h6-10H,21H2,1-5H3,(H,22,25)(H,23,24,26,27). The van der Waals surface area contributed by atoms with Gasteiger partial charge in [0, 0.05) is 24.8 Å². The Morgan fingerprint density at radius 2 is 1.78 bits per heavy atom. The predicted octanol–water partition coefficient (Wildman–Crippen LogP) is 3.60. The van der Waals surface area contributed by atoms with Crippen molar-refractivity contribution in [2.24, 2.45) is 5.73 Å². The fourth-order valence-electron chi connectivity index (χ4n) is 2.58. The Morgan fingerprint density at radius 3 is 2.41 bits per heavy atom. The van der Waals surface area contributed by atoms with Crippen molar-refractivity contribution in [2.75, 3.05) is 17.7 Å². The summed E-state index contributed by atoms with van der Waals surface area (Å²) in [7, 11) is 1.81. The van der Waals surface area contributed by atoms with Crippen molar-refractivity contribution in [3.63, 3.8) is 0 Å². The molecule has 27 heavy (non-hydrogen) atoms. The molecular formula is C19H24FN7. The summed E-state index contributed by atoms with van der Waals surface area (Å²) in [6, 6.07) is 5.50. The number of nitrogens with two attached hydrogens (primary N) is 1. The average molecular weight is 369 g/mol. The molecule has 3 rings (SSSR count). The van der Waals surface area contributed by atoms with Crippen molar-refractivity contribution < 1.29 is 4.39 Å². The molecule has 3 aromatic rings. The van der Waals surface area contributed by atoms with E-state index in [0.29, 0.717) is 17.5 Å². The minimum absolute atomic E-state index is 0.113. The first-order valence-electron chi connectivity index (χ1n) is 8.65. The van der Waals surface area contributed by atoms with Crippen molar-refractivity contribution in [2.45, 2.75) is 38.9 Å². The molecule has 0 fully saturated rings. The maximum atomic E-state index is 14.1. The Balaban J connectivity index is 2.01. The molecule has 4 N–H and O–H groups in total. The number of nitrogens with zero attached hydrogens (tertiary/aromatic N) is 4. The van der Waals surface area contributed by atoms with Crippen LogP contribution in [-0.4, -0.2) is 27.0 Å². The average Bonchev–Trinajstić information content (AvgIpc) is 2.59. The van der Waals surface area contributed by atoms with Crippen LogP contribution in [0.2, 0.25) is 0 Å². The molecule has 0 unspecified atom stereocenters. The number of nitrogens with one attached hydrogen (secondary N) is 2. The lowest BCUT2D eigenvalue weighted by atomic mass is 9.99. The van der Waals surface area contributed by atoms with E-state index in [0.717, 1.165) is 16.5 Å².